The van der Waals surface area contributed by atoms with Gasteiger partial charge < -0.3 is 15.4 Å². The van der Waals surface area contributed by atoms with E-state index in [9.17, 15) is 10.1 Å². The van der Waals surface area contributed by atoms with E-state index in [1.807, 2.05) is 0 Å². The van der Waals surface area contributed by atoms with Crippen molar-refractivity contribution in [1.29, 1.82) is 0 Å². The molecule has 0 aromatic carbocycles. The van der Waals surface area contributed by atoms with Crippen LogP contribution < -0.4 is 5.32 Å². The van der Waals surface area contributed by atoms with Gasteiger partial charge in [0.05, 0.1) is 5.69 Å². The predicted octanol–water partition coefficient (Wildman–Crippen LogP) is 2.73. The van der Waals surface area contributed by atoms with E-state index in [1.165, 1.54) is 44.4 Å². The third-order valence-corrected chi connectivity index (χ3v) is 2.91. The third-order valence-electron chi connectivity index (χ3n) is 2.91. The van der Waals surface area contributed by atoms with Crippen LogP contribution in [0.5, 0.6) is 0 Å². The summed E-state index contributed by atoms with van der Waals surface area (Å²) in [6.45, 7) is 0. The van der Waals surface area contributed by atoms with Crippen molar-refractivity contribution in [2.24, 2.45) is 0 Å². The lowest BCUT2D eigenvalue weighted by molar-refractivity contribution is -0.389. The van der Waals surface area contributed by atoms with Crippen LogP contribution in [-0.2, 0) is 0 Å². The Morgan fingerprint density at radius 2 is 2.06 bits per heavy atom. The van der Waals surface area contributed by atoms with Gasteiger partial charge in [0.15, 0.2) is 6.20 Å². The molecule has 0 spiro atoms. The van der Waals surface area contributed by atoms with Crippen LogP contribution in [0, 0.1) is 10.1 Å². The number of rotatable bonds is 3. The maximum absolute atomic E-state index is 10.4. The summed E-state index contributed by atoms with van der Waals surface area (Å²) in [4.78, 5) is 13.7. The SMILES string of the molecule is O=[N+]([O-])c1ccc(NC2CCCCC2)cn1. The molecule has 0 saturated heterocycles. The lowest BCUT2D eigenvalue weighted by atomic mass is 9.95. The van der Waals surface area contributed by atoms with Crippen molar-refractivity contribution in [3.05, 3.63) is 28.4 Å². The first kappa shape index (κ1) is 10.9. The summed E-state index contributed by atoms with van der Waals surface area (Å²) in [7, 11) is 0. The zero-order valence-electron chi connectivity index (χ0n) is 9.06. The molecular weight excluding hydrogens is 206 g/mol. The first-order chi connectivity index (χ1) is 7.75. The largest absolute Gasteiger partial charge is 0.379 e. The van der Waals surface area contributed by atoms with Gasteiger partial charge in [0.2, 0.25) is 0 Å². The first-order valence-corrected chi connectivity index (χ1v) is 5.63. The number of nitrogens with one attached hydrogen (secondary N) is 1. The molecule has 2 rings (SSSR count). The second-order valence-corrected chi connectivity index (χ2v) is 4.14. The Labute approximate surface area is 94.0 Å². The second-order valence-electron chi connectivity index (χ2n) is 4.14. The quantitative estimate of drug-likeness (QED) is 0.629. The summed E-state index contributed by atoms with van der Waals surface area (Å²) in [5.74, 6) is -0.103. The highest BCUT2D eigenvalue weighted by molar-refractivity contribution is 5.44. The van der Waals surface area contributed by atoms with Crippen molar-refractivity contribution in [1.82, 2.24) is 4.98 Å². The lowest BCUT2D eigenvalue weighted by Crippen LogP contribution is -2.22. The van der Waals surface area contributed by atoms with Gasteiger partial charge in [-0.1, -0.05) is 19.3 Å². The van der Waals surface area contributed by atoms with Crippen molar-refractivity contribution in [3.8, 4) is 0 Å². The third kappa shape index (κ3) is 2.68. The molecule has 1 N–H and O–H groups in total. The van der Waals surface area contributed by atoms with Crippen molar-refractivity contribution < 1.29 is 4.92 Å². The van der Waals surface area contributed by atoms with Gasteiger partial charge in [-0.2, -0.15) is 0 Å². The van der Waals surface area contributed by atoms with E-state index in [4.69, 9.17) is 0 Å². The molecule has 86 valence electrons. The molecule has 1 heterocycles. The molecule has 1 saturated carbocycles. The van der Waals surface area contributed by atoms with Gasteiger partial charge in [-0.15, -0.1) is 0 Å². The Bertz CT molecular complexity index is 358. The van der Waals surface area contributed by atoms with E-state index in [1.54, 1.807) is 6.07 Å². The summed E-state index contributed by atoms with van der Waals surface area (Å²) in [5.41, 5.74) is 0.873. The highest BCUT2D eigenvalue weighted by Crippen LogP contribution is 2.21. The van der Waals surface area contributed by atoms with Gasteiger partial charge in [-0.3, -0.25) is 0 Å². The minimum atomic E-state index is -0.482. The molecule has 0 amide bonds. The number of anilines is 1. The lowest BCUT2D eigenvalue weighted by Gasteiger charge is -2.23. The molecular formula is C11H15N3O2. The summed E-state index contributed by atoms with van der Waals surface area (Å²) < 4.78 is 0. The highest BCUT2D eigenvalue weighted by Gasteiger charge is 2.14. The molecule has 5 nitrogen and oxygen atoms in total. The summed E-state index contributed by atoms with van der Waals surface area (Å²) in [5, 5.41) is 13.8. The maximum atomic E-state index is 10.4. The second kappa shape index (κ2) is 4.92. The van der Waals surface area contributed by atoms with Crippen molar-refractivity contribution >= 4 is 11.5 Å². The van der Waals surface area contributed by atoms with Crippen LogP contribution in [0.15, 0.2) is 18.3 Å². The standard InChI is InChI=1S/C11H15N3O2/c15-14(16)11-7-6-10(8-12-11)13-9-4-2-1-3-5-9/h6-9,13H,1-5H2. The Hall–Kier alpha value is -1.65. The van der Waals surface area contributed by atoms with Crippen LogP contribution in [0.1, 0.15) is 32.1 Å². The Kier molecular flexibility index (Phi) is 3.34. The summed E-state index contributed by atoms with van der Waals surface area (Å²) >= 11 is 0. The smallest absolute Gasteiger partial charge is 0.363 e. The van der Waals surface area contributed by atoms with Crippen LogP contribution in [0.25, 0.3) is 0 Å². The number of nitrogens with zero attached hydrogens (tertiary/aromatic N) is 2. The van der Waals surface area contributed by atoms with Gasteiger partial charge >= 0.3 is 5.82 Å². The summed E-state index contributed by atoms with van der Waals surface area (Å²) in [6, 6.07) is 3.65. The fraction of sp³-hybridized carbons (Fsp3) is 0.545. The number of pyridine rings is 1. The van der Waals surface area contributed by atoms with Crippen LogP contribution in [0.4, 0.5) is 11.5 Å². The Balaban J connectivity index is 1.96. The fourth-order valence-corrected chi connectivity index (χ4v) is 2.06. The first-order valence-electron chi connectivity index (χ1n) is 5.63. The van der Waals surface area contributed by atoms with Crippen LogP contribution in [0.2, 0.25) is 0 Å². The molecule has 0 atom stereocenters. The minimum Gasteiger partial charge on any atom is -0.379 e. The van der Waals surface area contributed by atoms with Gasteiger partial charge in [-0.25, -0.2) is 0 Å². The Morgan fingerprint density at radius 3 is 2.62 bits per heavy atom. The van der Waals surface area contributed by atoms with E-state index in [-0.39, 0.29) is 5.82 Å². The molecule has 1 fully saturated rings. The Morgan fingerprint density at radius 1 is 1.31 bits per heavy atom. The van der Waals surface area contributed by atoms with E-state index < -0.39 is 4.92 Å². The molecule has 1 aliphatic rings. The van der Waals surface area contributed by atoms with Crippen molar-refractivity contribution in [2.45, 2.75) is 38.1 Å². The zero-order valence-corrected chi connectivity index (χ0v) is 9.06. The topological polar surface area (TPSA) is 68.1 Å². The molecule has 0 radical (unpaired) electrons. The predicted molar refractivity (Wildman–Crippen MR) is 61.4 cm³/mol. The van der Waals surface area contributed by atoms with Crippen LogP contribution in [0.3, 0.4) is 0 Å². The van der Waals surface area contributed by atoms with Gasteiger partial charge in [-0.05, 0) is 28.8 Å². The number of aromatic nitrogens is 1. The minimum absolute atomic E-state index is 0.103. The normalized spacial score (nSPS) is 17.0. The molecule has 1 aromatic rings. The van der Waals surface area contributed by atoms with E-state index in [0.29, 0.717) is 6.04 Å². The van der Waals surface area contributed by atoms with Crippen molar-refractivity contribution in [2.75, 3.05) is 5.32 Å². The van der Waals surface area contributed by atoms with Gasteiger partial charge in [0, 0.05) is 12.1 Å². The number of nitro groups is 1. The molecule has 5 heteroatoms. The van der Waals surface area contributed by atoms with E-state index >= 15 is 0 Å². The van der Waals surface area contributed by atoms with Crippen LogP contribution in [-0.4, -0.2) is 15.9 Å². The van der Waals surface area contributed by atoms with Crippen molar-refractivity contribution in [3.63, 3.8) is 0 Å². The molecule has 16 heavy (non-hydrogen) atoms. The molecule has 0 bridgehead atoms. The van der Waals surface area contributed by atoms with Crippen LogP contribution >= 0.6 is 0 Å². The highest BCUT2D eigenvalue weighted by atomic mass is 16.6. The van der Waals surface area contributed by atoms with Gasteiger partial charge in [0.1, 0.15) is 0 Å². The molecule has 1 aliphatic carbocycles. The van der Waals surface area contributed by atoms with E-state index in [0.717, 1.165) is 5.69 Å². The average molecular weight is 221 g/mol. The fourth-order valence-electron chi connectivity index (χ4n) is 2.06. The zero-order chi connectivity index (χ0) is 11.4. The maximum Gasteiger partial charge on any atom is 0.363 e. The molecule has 0 unspecified atom stereocenters. The number of hydrogen-bond donors (Lipinski definition) is 1. The molecule has 0 aliphatic heterocycles. The molecule has 1 aromatic heterocycles. The monoisotopic (exact) mass is 221 g/mol. The number of hydrogen-bond acceptors (Lipinski definition) is 4. The average Bonchev–Trinajstić information content (AvgIpc) is 2.31. The summed E-state index contributed by atoms with van der Waals surface area (Å²) in [6.07, 6.45) is 7.73. The van der Waals surface area contributed by atoms with E-state index in [2.05, 4.69) is 10.3 Å². The van der Waals surface area contributed by atoms with Gasteiger partial charge in [0.25, 0.3) is 0 Å².